The largest absolute Gasteiger partial charge is 0.342 e. The molecule has 1 amide bonds. The summed E-state index contributed by atoms with van der Waals surface area (Å²) in [6, 6.07) is 4.34. The van der Waals surface area contributed by atoms with Crippen LogP contribution >= 0.6 is 11.8 Å². The molecule has 3 rings (SSSR count). The first kappa shape index (κ1) is 15.4. The van der Waals surface area contributed by atoms with Gasteiger partial charge in [-0.05, 0) is 31.4 Å². The average molecular weight is 318 g/mol. The third kappa shape index (κ3) is 3.62. The van der Waals surface area contributed by atoms with Gasteiger partial charge in [-0.25, -0.2) is 4.98 Å². The van der Waals surface area contributed by atoms with E-state index in [1.807, 2.05) is 21.6 Å². The van der Waals surface area contributed by atoms with Crippen LogP contribution in [0.4, 0.5) is 0 Å². The first-order valence-electron chi connectivity index (χ1n) is 7.67. The van der Waals surface area contributed by atoms with Gasteiger partial charge in [-0.1, -0.05) is 6.07 Å². The molecule has 2 aromatic heterocycles. The molecule has 6 heteroatoms. The van der Waals surface area contributed by atoms with Gasteiger partial charge in [-0.15, -0.1) is 11.8 Å². The molecule has 0 bridgehead atoms. The zero-order valence-corrected chi connectivity index (χ0v) is 13.7. The van der Waals surface area contributed by atoms with Crippen LogP contribution in [0.2, 0.25) is 0 Å². The number of nitrogens with two attached hydrogens (primary N) is 1. The van der Waals surface area contributed by atoms with Gasteiger partial charge >= 0.3 is 0 Å². The maximum absolute atomic E-state index is 12.2. The van der Waals surface area contributed by atoms with Gasteiger partial charge in [0.25, 0.3) is 0 Å². The van der Waals surface area contributed by atoms with Gasteiger partial charge in [0.1, 0.15) is 5.65 Å². The lowest BCUT2D eigenvalue weighted by Crippen LogP contribution is -2.43. The zero-order chi connectivity index (χ0) is 15.5. The molecule has 5 nitrogen and oxygen atoms in total. The lowest BCUT2D eigenvalue weighted by atomic mass is 10.1. The Labute approximate surface area is 134 Å². The normalized spacial score (nSPS) is 16.4. The first-order valence-corrected chi connectivity index (χ1v) is 8.82. The number of carbonyl (C=O) groups excluding carboxylic acids is 1. The van der Waals surface area contributed by atoms with Crippen molar-refractivity contribution in [3.05, 3.63) is 35.8 Å². The Morgan fingerprint density at radius 3 is 2.91 bits per heavy atom. The molecule has 3 heterocycles. The van der Waals surface area contributed by atoms with Crippen molar-refractivity contribution in [3.63, 3.8) is 0 Å². The number of piperidine rings is 1. The lowest BCUT2D eigenvalue weighted by molar-refractivity contribution is -0.129. The highest BCUT2D eigenvalue weighted by atomic mass is 32.2. The van der Waals surface area contributed by atoms with Gasteiger partial charge in [0, 0.05) is 37.3 Å². The Kier molecular flexibility index (Phi) is 4.69. The molecule has 0 unspecified atom stereocenters. The second kappa shape index (κ2) is 6.71. The van der Waals surface area contributed by atoms with Crippen molar-refractivity contribution in [2.24, 2.45) is 5.73 Å². The highest BCUT2D eigenvalue weighted by Crippen LogP contribution is 2.16. The summed E-state index contributed by atoms with van der Waals surface area (Å²) in [6.07, 6.45) is 5.95. The van der Waals surface area contributed by atoms with Crippen LogP contribution in [0.3, 0.4) is 0 Å². The fraction of sp³-hybridized carbons (Fsp3) is 0.500. The van der Waals surface area contributed by atoms with E-state index in [2.05, 4.69) is 24.2 Å². The molecule has 0 aliphatic carbocycles. The van der Waals surface area contributed by atoms with Crippen molar-refractivity contribution in [2.45, 2.75) is 31.6 Å². The number of aryl methyl sites for hydroxylation is 1. The molecule has 2 aromatic rings. The molecule has 0 radical (unpaired) electrons. The van der Waals surface area contributed by atoms with Gasteiger partial charge in [-0.2, -0.15) is 0 Å². The fourth-order valence-corrected chi connectivity index (χ4v) is 3.52. The third-order valence-corrected chi connectivity index (χ3v) is 4.97. The number of rotatable bonds is 4. The number of pyridine rings is 1. The molecule has 1 saturated heterocycles. The Morgan fingerprint density at radius 2 is 2.14 bits per heavy atom. The van der Waals surface area contributed by atoms with Gasteiger partial charge in [0.15, 0.2) is 0 Å². The highest BCUT2D eigenvalue weighted by molar-refractivity contribution is 7.99. The molecular formula is C16H22N4OS. The summed E-state index contributed by atoms with van der Waals surface area (Å²) >= 11 is 1.63. The van der Waals surface area contributed by atoms with E-state index in [4.69, 9.17) is 5.73 Å². The molecule has 1 aliphatic heterocycles. The van der Waals surface area contributed by atoms with E-state index in [1.165, 1.54) is 5.56 Å². The summed E-state index contributed by atoms with van der Waals surface area (Å²) in [5, 5.41) is 0. The number of thioether (sulfide) groups is 1. The summed E-state index contributed by atoms with van der Waals surface area (Å²) in [4.78, 5) is 18.7. The molecule has 0 aromatic carbocycles. The number of nitrogens with zero attached hydrogens (tertiary/aromatic N) is 3. The minimum Gasteiger partial charge on any atom is -0.342 e. The molecule has 2 N–H and O–H groups in total. The van der Waals surface area contributed by atoms with Crippen LogP contribution < -0.4 is 5.73 Å². The van der Waals surface area contributed by atoms with Crippen LogP contribution in [-0.4, -0.2) is 45.1 Å². The van der Waals surface area contributed by atoms with Gasteiger partial charge in [0.2, 0.25) is 5.91 Å². The van der Waals surface area contributed by atoms with Crippen molar-refractivity contribution in [1.29, 1.82) is 0 Å². The van der Waals surface area contributed by atoms with Gasteiger partial charge in [0.05, 0.1) is 11.4 Å². The summed E-state index contributed by atoms with van der Waals surface area (Å²) < 4.78 is 2.04. The predicted molar refractivity (Wildman–Crippen MR) is 89.9 cm³/mol. The van der Waals surface area contributed by atoms with Crippen molar-refractivity contribution in [3.8, 4) is 0 Å². The zero-order valence-electron chi connectivity index (χ0n) is 12.9. The minimum atomic E-state index is 0.219. The van der Waals surface area contributed by atoms with Gasteiger partial charge in [-0.3, -0.25) is 4.79 Å². The third-order valence-electron chi connectivity index (χ3n) is 4.02. The number of aromatic nitrogens is 2. The van der Waals surface area contributed by atoms with Crippen LogP contribution in [0.1, 0.15) is 24.1 Å². The minimum absolute atomic E-state index is 0.219. The SMILES string of the molecule is Cc1ccc2nc(CSCC(=O)N3CCC(N)CC3)cn2c1. The number of carbonyl (C=O) groups is 1. The molecular weight excluding hydrogens is 296 g/mol. The van der Waals surface area contributed by atoms with Crippen LogP contribution in [-0.2, 0) is 10.5 Å². The second-order valence-electron chi connectivity index (χ2n) is 5.92. The standard InChI is InChI=1S/C16H22N4OS/c1-12-2-3-15-18-14(9-20(15)8-12)10-22-11-16(21)19-6-4-13(17)5-7-19/h2-3,8-9,13H,4-7,10-11,17H2,1H3. The monoisotopic (exact) mass is 318 g/mol. The molecule has 0 saturated carbocycles. The number of hydrogen-bond donors (Lipinski definition) is 1. The van der Waals surface area contributed by atoms with Crippen molar-refractivity contribution < 1.29 is 4.79 Å². The van der Waals surface area contributed by atoms with E-state index in [-0.39, 0.29) is 11.9 Å². The summed E-state index contributed by atoms with van der Waals surface area (Å²) in [5.41, 5.74) is 9.05. The maximum Gasteiger partial charge on any atom is 0.232 e. The average Bonchev–Trinajstić information content (AvgIpc) is 2.89. The van der Waals surface area contributed by atoms with Crippen molar-refractivity contribution in [1.82, 2.24) is 14.3 Å². The molecule has 1 fully saturated rings. The number of hydrogen-bond acceptors (Lipinski definition) is 4. The van der Waals surface area contributed by atoms with E-state index in [1.54, 1.807) is 11.8 Å². The summed E-state index contributed by atoms with van der Waals surface area (Å²) in [7, 11) is 0. The molecule has 0 spiro atoms. The van der Waals surface area contributed by atoms with Crippen LogP contribution in [0.5, 0.6) is 0 Å². The lowest BCUT2D eigenvalue weighted by Gasteiger charge is -2.30. The van der Waals surface area contributed by atoms with Crippen LogP contribution in [0, 0.1) is 6.92 Å². The van der Waals surface area contributed by atoms with E-state index >= 15 is 0 Å². The second-order valence-corrected chi connectivity index (χ2v) is 6.90. The number of imidazole rings is 1. The first-order chi connectivity index (χ1) is 10.6. The van der Waals surface area contributed by atoms with E-state index in [0.29, 0.717) is 5.75 Å². The molecule has 118 valence electrons. The molecule has 22 heavy (non-hydrogen) atoms. The Morgan fingerprint density at radius 1 is 1.36 bits per heavy atom. The topological polar surface area (TPSA) is 63.6 Å². The number of likely N-dealkylation sites (tertiary alicyclic amines) is 1. The van der Waals surface area contributed by atoms with Gasteiger partial charge < -0.3 is 15.0 Å². The number of amides is 1. The van der Waals surface area contributed by atoms with Crippen molar-refractivity contribution in [2.75, 3.05) is 18.8 Å². The van der Waals surface area contributed by atoms with E-state index in [0.717, 1.165) is 43.0 Å². The molecule has 1 aliphatic rings. The van der Waals surface area contributed by atoms with E-state index in [9.17, 15) is 4.79 Å². The predicted octanol–water partition coefficient (Wildman–Crippen LogP) is 1.83. The van der Waals surface area contributed by atoms with E-state index < -0.39 is 0 Å². The Balaban J connectivity index is 1.50. The summed E-state index contributed by atoms with van der Waals surface area (Å²) in [5.74, 6) is 1.50. The van der Waals surface area contributed by atoms with Crippen molar-refractivity contribution >= 4 is 23.3 Å². The molecule has 0 atom stereocenters. The quantitative estimate of drug-likeness (QED) is 0.934. The number of fused-ring (bicyclic) bond motifs is 1. The highest BCUT2D eigenvalue weighted by Gasteiger charge is 2.20. The Bertz CT molecular complexity index is 661. The van der Waals surface area contributed by atoms with Crippen LogP contribution in [0.25, 0.3) is 5.65 Å². The Hall–Kier alpha value is -1.53. The smallest absolute Gasteiger partial charge is 0.232 e. The fourth-order valence-electron chi connectivity index (χ4n) is 2.71. The maximum atomic E-state index is 12.2. The van der Waals surface area contributed by atoms with Crippen LogP contribution in [0.15, 0.2) is 24.5 Å². The summed E-state index contributed by atoms with van der Waals surface area (Å²) in [6.45, 7) is 3.67.